The zero-order valence-electron chi connectivity index (χ0n) is 11.2. The Labute approximate surface area is 119 Å². The van der Waals surface area contributed by atoms with Gasteiger partial charge in [-0.1, -0.05) is 30.3 Å². The summed E-state index contributed by atoms with van der Waals surface area (Å²) in [6.07, 6.45) is -4.55. The molecule has 0 aliphatic carbocycles. The summed E-state index contributed by atoms with van der Waals surface area (Å²) in [5, 5.41) is 11.1. The van der Waals surface area contributed by atoms with Gasteiger partial charge >= 0.3 is 18.2 Å². The summed E-state index contributed by atoms with van der Waals surface area (Å²) in [5.41, 5.74) is 0.656. The molecule has 0 fully saturated rings. The molecule has 0 aliphatic rings. The van der Waals surface area contributed by atoms with Gasteiger partial charge in [-0.05, 0) is 5.56 Å². The first kappa shape index (κ1) is 16.8. The summed E-state index contributed by atoms with van der Waals surface area (Å²) in [7, 11) is 0.949. The number of carboxylic acid groups (broad SMARTS) is 1. The highest BCUT2D eigenvalue weighted by molar-refractivity contribution is 5.82. The van der Waals surface area contributed by atoms with E-state index in [1.54, 1.807) is 30.3 Å². The molecule has 1 atom stereocenters. The number of aliphatic carboxylic acids is 1. The Morgan fingerprint density at radius 1 is 1.29 bits per heavy atom. The Kier molecular flexibility index (Phi) is 5.57. The molecule has 0 aromatic heterocycles. The first-order valence-electron chi connectivity index (χ1n) is 6.04. The second-order valence-corrected chi connectivity index (χ2v) is 4.50. The number of carbonyl (C=O) groups is 2. The Hall–Kier alpha value is -2.25. The van der Waals surface area contributed by atoms with E-state index < -0.39 is 30.8 Å². The standard InChI is InChI=1S/C13H15F3N2O3/c1-18(8-13(14,15)16)12(21)17-10(11(19)20)7-9-5-3-2-4-6-9/h2-6,10H,7-8H2,1H3,(H,17,21)(H,19,20). The average molecular weight is 304 g/mol. The van der Waals surface area contributed by atoms with E-state index in [1.165, 1.54) is 0 Å². The van der Waals surface area contributed by atoms with Gasteiger partial charge in [0.2, 0.25) is 0 Å². The summed E-state index contributed by atoms with van der Waals surface area (Å²) in [6.45, 7) is -1.45. The van der Waals surface area contributed by atoms with Gasteiger partial charge in [0.25, 0.3) is 0 Å². The predicted octanol–water partition coefficient (Wildman–Crippen LogP) is 1.89. The van der Waals surface area contributed by atoms with E-state index in [0.717, 1.165) is 7.05 Å². The van der Waals surface area contributed by atoms with Crippen molar-refractivity contribution < 1.29 is 27.9 Å². The van der Waals surface area contributed by atoms with Crippen LogP contribution < -0.4 is 5.32 Å². The minimum atomic E-state index is -4.54. The molecule has 2 amide bonds. The molecular formula is C13H15F3N2O3. The van der Waals surface area contributed by atoms with Crippen molar-refractivity contribution in [3.05, 3.63) is 35.9 Å². The molecule has 1 unspecified atom stereocenters. The van der Waals surface area contributed by atoms with Crippen LogP contribution >= 0.6 is 0 Å². The van der Waals surface area contributed by atoms with Crippen LogP contribution in [0.15, 0.2) is 30.3 Å². The lowest BCUT2D eigenvalue weighted by Crippen LogP contribution is -2.49. The molecule has 1 rings (SSSR count). The average Bonchev–Trinajstić information content (AvgIpc) is 2.36. The summed E-state index contributed by atoms with van der Waals surface area (Å²) in [6, 6.07) is 6.10. The van der Waals surface area contributed by atoms with Crippen LogP contribution in [-0.4, -0.2) is 47.8 Å². The monoisotopic (exact) mass is 304 g/mol. The van der Waals surface area contributed by atoms with Gasteiger partial charge in [0.05, 0.1) is 0 Å². The molecule has 2 N–H and O–H groups in total. The summed E-state index contributed by atoms with van der Waals surface area (Å²) in [4.78, 5) is 23.1. The summed E-state index contributed by atoms with van der Waals surface area (Å²) in [5.74, 6) is -1.31. The second-order valence-electron chi connectivity index (χ2n) is 4.50. The van der Waals surface area contributed by atoms with E-state index in [0.29, 0.717) is 10.5 Å². The number of nitrogens with one attached hydrogen (secondary N) is 1. The number of benzene rings is 1. The number of halogens is 3. The zero-order chi connectivity index (χ0) is 16.0. The Bertz CT molecular complexity index is 491. The van der Waals surface area contributed by atoms with Crippen molar-refractivity contribution in [2.24, 2.45) is 0 Å². The first-order chi connectivity index (χ1) is 9.69. The number of carboxylic acids is 1. The Morgan fingerprint density at radius 2 is 1.86 bits per heavy atom. The molecule has 0 saturated carbocycles. The first-order valence-corrected chi connectivity index (χ1v) is 6.04. The largest absolute Gasteiger partial charge is 0.480 e. The second kappa shape index (κ2) is 6.96. The summed E-state index contributed by atoms with van der Waals surface area (Å²) < 4.78 is 36.5. The highest BCUT2D eigenvalue weighted by atomic mass is 19.4. The van der Waals surface area contributed by atoms with Crippen molar-refractivity contribution in [2.45, 2.75) is 18.6 Å². The van der Waals surface area contributed by atoms with Crippen LogP contribution in [0.25, 0.3) is 0 Å². The van der Waals surface area contributed by atoms with Gasteiger partial charge in [-0.2, -0.15) is 13.2 Å². The fraction of sp³-hybridized carbons (Fsp3) is 0.385. The van der Waals surface area contributed by atoms with E-state index in [9.17, 15) is 22.8 Å². The molecule has 116 valence electrons. The lowest BCUT2D eigenvalue weighted by Gasteiger charge is -2.22. The normalized spacial score (nSPS) is 12.6. The molecule has 5 nitrogen and oxygen atoms in total. The van der Waals surface area contributed by atoms with Gasteiger partial charge in [-0.3, -0.25) is 0 Å². The van der Waals surface area contributed by atoms with Crippen molar-refractivity contribution in [2.75, 3.05) is 13.6 Å². The third kappa shape index (κ3) is 6.15. The summed E-state index contributed by atoms with van der Waals surface area (Å²) >= 11 is 0. The van der Waals surface area contributed by atoms with Crippen LogP contribution in [0, 0.1) is 0 Å². The quantitative estimate of drug-likeness (QED) is 0.872. The smallest absolute Gasteiger partial charge is 0.406 e. The van der Waals surface area contributed by atoms with Gasteiger partial charge in [0, 0.05) is 13.5 Å². The van der Waals surface area contributed by atoms with Crippen LogP contribution in [0.5, 0.6) is 0 Å². The third-order valence-corrected chi connectivity index (χ3v) is 2.64. The SMILES string of the molecule is CN(CC(F)(F)F)C(=O)NC(Cc1ccccc1)C(=O)O. The minimum Gasteiger partial charge on any atom is -0.480 e. The van der Waals surface area contributed by atoms with E-state index in [2.05, 4.69) is 5.32 Å². The predicted molar refractivity (Wildman–Crippen MR) is 68.8 cm³/mol. The number of hydrogen-bond acceptors (Lipinski definition) is 2. The maximum atomic E-state index is 12.2. The molecule has 0 aliphatic heterocycles. The number of carbonyl (C=O) groups excluding carboxylic acids is 1. The number of amides is 2. The van der Waals surface area contributed by atoms with Crippen molar-refractivity contribution in [1.29, 1.82) is 0 Å². The van der Waals surface area contributed by atoms with Crippen LogP contribution in [-0.2, 0) is 11.2 Å². The number of rotatable bonds is 5. The van der Waals surface area contributed by atoms with Gasteiger partial charge in [-0.25, -0.2) is 9.59 Å². The van der Waals surface area contributed by atoms with Crippen LogP contribution in [0.2, 0.25) is 0 Å². The molecular weight excluding hydrogens is 289 g/mol. The molecule has 0 radical (unpaired) electrons. The topological polar surface area (TPSA) is 69.6 Å². The molecule has 1 aromatic carbocycles. The lowest BCUT2D eigenvalue weighted by atomic mass is 10.1. The van der Waals surface area contributed by atoms with Crippen molar-refractivity contribution in [3.8, 4) is 0 Å². The number of urea groups is 1. The van der Waals surface area contributed by atoms with Crippen molar-refractivity contribution >= 4 is 12.0 Å². The Balaban J connectivity index is 2.66. The molecule has 0 bridgehead atoms. The maximum Gasteiger partial charge on any atom is 0.406 e. The highest BCUT2D eigenvalue weighted by Gasteiger charge is 2.32. The molecule has 0 saturated heterocycles. The van der Waals surface area contributed by atoms with E-state index in [-0.39, 0.29) is 6.42 Å². The van der Waals surface area contributed by atoms with E-state index in [1.807, 2.05) is 0 Å². The molecule has 0 spiro atoms. The van der Waals surface area contributed by atoms with Crippen LogP contribution in [0.1, 0.15) is 5.56 Å². The van der Waals surface area contributed by atoms with Gasteiger partial charge in [0.1, 0.15) is 12.6 Å². The molecule has 8 heteroatoms. The minimum absolute atomic E-state index is 0.0121. The lowest BCUT2D eigenvalue weighted by molar-refractivity contribution is -0.139. The van der Waals surface area contributed by atoms with E-state index >= 15 is 0 Å². The fourth-order valence-electron chi connectivity index (χ4n) is 1.65. The molecule has 0 heterocycles. The number of nitrogens with zero attached hydrogens (tertiary/aromatic N) is 1. The number of alkyl halides is 3. The molecule has 21 heavy (non-hydrogen) atoms. The van der Waals surface area contributed by atoms with Crippen molar-refractivity contribution in [3.63, 3.8) is 0 Å². The third-order valence-electron chi connectivity index (χ3n) is 2.64. The maximum absolute atomic E-state index is 12.2. The van der Waals surface area contributed by atoms with Gasteiger partial charge in [0.15, 0.2) is 0 Å². The molecule has 1 aromatic rings. The van der Waals surface area contributed by atoms with Crippen molar-refractivity contribution in [1.82, 2.24) is 10.2 Å². The zero-order valence-corrected chi connectivity index (χ0v) is 11.2. The van der Waals surface area contributed by atoms with Crippen LogP contribution in [0.4, 0.5) is 18.0 Å². The Morgan fingerprint density at radius 3 is 2.33 bits per heavy atom. The van der Waals surface area contributed by atoms with E-state index in [4.69, 9.17) is 5.11 Å². The van der Waals surface area contributed by atoms with Crippen LogP contribution in [0.3, 0.4) is 0 Å². The van der Waals surface area contributed by atoms with Gasteiger partial charge in [-0.15, -0.1) is 0 Å². The number of hydrogen-bond donors (Lipinski definition) is 2. The fourth-order valence-corrected chi connectivity index (χ4v) is 1.65. The highest BCUT2D eigenvalue weighted by Crippen LogP contribution is 2.15. The van der Waals surface area contributed by atoms with Gasteiger partial charge < -0.3 is 15.3 Å².